The molecule has 47 heavy (non-hydrogen) atoms. The summed E-state index contributed by atoms with van der Waals surface area (Å²) in [5, 5.41) is 3.56. The van der Waals surface area contributed by atoms with Gasteiger partial charge in [0.1, 0.15) is 24.1 Å². The topological polar surface area (TPSA) is 96.0 Å². The van der Waals surface area contributed by atoms with Gasteiger partial charge < -0.3 is 15.0 Å². The largest absolute Gasteiger partial charge is 0.457 e. The minimum absolute atomic E-state index is 0.0166. The number of sulfonamides is 1. The summed E-state index contributed by atoms with van der Waals surface area (Å²) in [6, 6.07) is 26.1. The third-order valence-corrected chi connectivity index (χ3v) is 9.95. The maximum absolute atomic E-state index is 14.4. The third kappa shape index (κ3) is 9.28. The van der Waals surface area contributed by atoms with Crippen molar-refractivity contribution >= 4 is 50.7 Å². The fraction of sp³-hybridized carbons (Fsp3) is 0.278. The fourth-order valence-electron chi connectivity index (χ4n) is 4.87. The molecule has 2 amide bonds. The van der Waals surface area contributed by atoms with Crippen LogP contribution in [0.15, 0.2) is 102 Å². The van der Waals surface area contributed by atoms with Gasteiger partial charge in [0.25, 0.3) is 10.0 Å². The number of hydrogen-bond donors (Lipinski definition) is 1. The summed E-state index contributed by atoms with van der Waals surface area (Å²) < 4.78 is 35.3. The van der Waals surface area contributed by atoms with Crippen LogP contribution >= 0.6 is 23.2 Å². The predicted octanol–water partition coefficient (Wildman–Crippen LogP) is 7.87. The molecule has 248 valence electrons. The zero-order valence-corrected chi connectivity index (χ0v) is 29.1. The molecule has 1 N–H and O–H groups in total. The van der Waals surface area contributed by atoms with Gasteiger partial charge in [-0.15, -0.1) is 0 Å². The molecule has 0 aliphatic rings. The molecule has 0 spiro atoms. The molecule has 0 aromatic heterocycles. The summed E-state index contributed by atoms with van der Waals surface area (Å²) >= 11 is 13.0. The highest BCUT2D eigenvalue weighted by Gasteiger charge is 2.34. The first-order valence-electron chi connectivity index (χ1n) is 15.3. The minimum Gasteiger partial charge on any atom is -0.457 e. The summed E-state index contributed by atoms with van der Waals surface area (Å²) in [5.41, 5.74) is 1.58. The summed E-state index contributed by atoms with van der Waals surface area (Å²) in [5.74, 6) is 0.333. The van der Waals surface area contributed by atoms with Gasteiger partial charge in [-0.25, -0.2) is 8.42 Å². The van der Waals surface area contributed by atoms with E-state index in [-0.39, 0.29) is 35.4 Å². The molecule has 8 nitrogen and oxygen atoms in total. The normalized spacial score (nSPS) is 12.0. The Morgan fingerprint density at radius 2 is 1.43 bits per heavy atom. The van der Waals surface area contributed by atoms with Crippen LogP contribution in [0.25, 0.3) is 0 Å². The van der Waals surface area contributed by atoms with Crippen molar-refractivity contribution in [3.63, 3.8) is 0 Å². The van der Waals surface area contributed by atoms with Crippen molar-refractivity contribution in [1.29, 1.82) is 0 Å². The maximum Gasteiger partial charge on any atom is 0.264 e. The second-order valence-corrected chi connectivity index (χ2v) is 14.2. The minimum atomic E-state index is -4.24. The molecular weight excluding hydrogens is 657 g/mol. The smallest absolute Gasteiger partial charge is 0.264 e. The quantitative estimate of drug-likeness (QED) is 0.145. The average Bonchev–Trinajstić information content (AvgIpc) is 3.05. The van der Waals surface area contributed by atoms with Crippen LogP contribution in [0.3, 0.4) is 0 Å². The van der Waals surface area contributed by atoms with E-state index >= 15 is 0 Å². The number of ether oxygens (including phenoxy) is 1. The van der Waals surface area contributed by atoms with E-state index in [4.69, 9.17) is 27.9 Å². The van der Waals surface area contributed by atoms with E-state index in [1.807, 2.05) is 51.1 Å². The van der Waals surface area contributed by atoms with Crippen LogP contribution in [0.4, 0.5) is 5.69 Å². The van der Waals surface area contributed by atoms with Crippen LogP contribution in [-0.2, 0) is 26.2 Å². The Hall–Kier alpha value is -4.05. The lowest BCUT2D eigenvalue weighted by atomic mass is 10.1. The molecule has 1 atom stereocenters. The number of para-hydroxylation sites is 1. The summed E-state index contributed by atoms with van der Waals surface area (Å²) in [6.45, 7) is 7.31. The van der Waals surface area contributed by atoms with Crippen molar-refractivity contribution in [3.8, 4) is 11.5 Å². The molecular formula is C36H39Cl2N3O5S. The molecule has 0 unspecified atom stereocenters. The summed E-state index contributed by atoms with van der Waals surface area (Å²) in [4.78, 5) is 29.2. The van der Waals surface area contributed by atoms with E-state index in [0.29, 0.717) is 33.7 Å². The van der Waals surface area contributed by atoms with Gasteiger partial charge in [0.05, 0.1) is 10.6 Å². The zero-order valence-electron chi connectivity index (χ0n) is 26.8. The monoisotopic (exact) mass is 695 g/mol. The fourth-order valence-corrected chi connectivity index (χ4v) is 6.80. The van der Waals surface area contributed by atoms with Crippen molar-refractivity contribution in [2.24, 2.45) is 5.92 Å². The van der Waals surface area contributed by atoms with Gasteiger partial charge in [0, 0.05) is 28.7 Å². The number of rotatable bonds is 14. The number of aryl methyl sites for hydroxylation is 1. The van der Waals surface area contributed by atoms with Crippen molar-refractivity contribution in [2.75, 3.05) is 17.4 Å². The van der Waals surface area contributed by atoms with E-state index < -0.39 is 28.5 Å². The Labute approximate surface area is 287 Å². The van der Waals surface area contributed by atoms with Crippen LogP contribution in [0.5, 0.6) is 11.5 Å². The van der Waals surface area contributed by atoms with Gasteiger partial charge in [0.15, 0.2) is 0 Å². The molecule has 0 radical (unpaired) electrons. The lowest BCUT2D eigenvalue weighted by Crippen LogP contribution is -2.52. The van der Waals surface area contributed by atoms with E-state index in [2.05, 4.69) is 5.32 Å². The SMILES string of the molecule is CC[C@@H](C(=O)NCC(C)C)N(Cc1c(Cl)cccc1Cl)C(=O)CN(c1ccc(Oc2ccccc2)cc1)S(=O)(=O)c1ccc(C)cc1. The number of carbonyl (C=O) groups is 2. The van der Waals surface area contributed by atoms with Gasteiger partial charge in [-0.1, -0.05) is 85.9 Å². The first kappa shape index (κ1) is 35.8. The predicted molar refractivity (Wildman–Crippen MR) is 188 cm³/mol. The van der Waals surface area contributed by atoms with Crippen molar-refractivity contribution < 1.29 is 22.7 Å². The zero-order chi connectivity index (χ0) is 34.1. The highest BCUT2D eigenvalue weighted by molar-refractivity contribution is 7.92. The molecule has 0 saturated carbocycles. The number of benzene rings is 4. The lowest BCUT2D eigenvalue weighted by molar-refractivity contribution is -0.140. The number of anilines is 1. The molecule has 4 rings (SSSR count). The van der Waals surface area contributed by atoms with Gasteiger partial charge in [-0.2, -0.15) is 0 Å². The Kier molecular flexibility index (Phi) is 12.3. The highest BCUT2D eigenvalue weighted by Crippen LogP contribution is 2.30. The number of nitrogens with zero attached hydrogens (tertiary/aromatic N) is 2. The second-order valence-electron chi connectivity index (χ2n) is 11.5. The van der Waals surface area contributed by atoms with Crippen LogP contribution in [0.1, 0.15) is 38.3 Å². The van der Waals surface area contributed by atoms with Gasteiger partial charge in [-0.05, 0) is 79.9 Å². The summed E-state index contributed by atoms with van der Waals surface area (Å²) in [7, 11) is -4.24. The Balaban J connectivity index is 1.75. The molecule has 0 aliphatic heterocycles. The molecule has 4 aromatic rings. The molecule has 0 fully saturated rings. The van der Waals surface area contributed by atoms with E-state index in [1.54, 1.807) is 61.5 Å². The highest BCUT2D eigenvalue weighted by atomic mass is 35.5. The molecule has 4 aromatic carbocycles. The first-order chi connectivity index (χ1) is 22.4. The van der Waals surface area contributed by atoms with E-state index in [1.165, 1.54) is 17.0 Å². The molecule has 0 saturated heterocycles. The number of nitrogens with one attached hydrogen (secondary N) is 1. The van der Waals surface area contributed by atoms with E-state index in [9.17, 15) is 18.0 Å². The second kappa shape index (κ2) is 16.2. The van der Waals surface area contributed by atoms with Crippen molar-refractivity contribution in [2.45, 2.75) is 51.6 Å². The van der Waals surface area contributed by atoms with Crippen LogP contribution in [0, 0.1) is 12.8 Å². The van der Waals surface area contributed by atoms with Crippen LogP contribution in [-0.4, -0.2) is 44.3 Å². The maximum atomic E-state index is 14.4. The molecule has 0 aliphatic carbocycles. The van der Waals surface area contributed by atoms with Gasteiger partial charge >= 0.3 is 0 Å². The van der Waals surface area contributed by atoms with Crippen molar-refractivity contribution in [1.82, 2.24) is 10.2 Å². The standard InChI is InChI=1S/C36H39Cl2N3O5S/c1-5-34(36(43)39-22-25(2)3)40(23-31-32(37)12-9-13-33(31)38)35(42)24-41(47(44,45)30-20-14-26(4)15-21-30)27-16-18-29(19-17-27)46-28-10-7-6-8-11-28/h6-21,25,34H,5,22-24H2,1-4H3,(H,39,43)/t34-/m0/s1. The first-order valence-corrected chi connectivity index (χ1v) is 17.5. The van der Waals surface area contributed by atoms with E-state index in [0.717, 1.165) is 9.87 Å². The lowest BCUT2D eigenvalue weighted by Gasteiger charge is -2.33. The van der Waals surface area contributed by atoms with Crippen LogP contribution < -0.4 is 14.4 Å². The van der Waals surface area contributed by atoms with Crippen molar-refractivity contribution in [3.05, 3.63) is 118 Å². The van der Waals surface area contributed by atoms with Crippen LogP contribution in [0.2, 0.25) is 10.0 Å². The molecule has 0 heterocycles. The Morgan fingerprint density at radius 3 is 2.00 bits per heavy atom. The number of halogens is 2. The van der Waals surface area contributed by atoms with Gasteiger partial charge in [0.2, 0.25) is 11.8 Å². The number of amides is 2. The average molecular weight is 697 g/mol. The third-order valence-electron chi connectivity index (χ3n) is 7.45. The van der Waals surface area contributed by atoms with Gasteiger partial charge in [-0.3, -0.25) is 13.9 Å². The Morgan fingerprint density at radius 1 is 0.830 bits per heavy atom. The molecule has 11 heteroatoms. The number of hydrogen-bond acceptors (Lipinski definition) is 5. The number of carbonyl (C=O) groups excluding carboxylic acids is 2. The Bertz CT molecular complexity index is 1750. The summed E-state index contributed by atoms with van der Waals surface area (Å²) in [6.07, 6.45) is 0.272. The molecule has 0 bridgehead atoms.